The van der Waals surface area contributed by atoms with E-state index in [-0.39, 0.29) is 29.3 Å². The van der Waals surface area contributed by atoms with E-state index >= 15 is 0 Å². The highest BCUT2D eigenvalue weighted by molar-refractivity contribution is 7.99. The van der Waals surface area contributed by atoms with Gasteiger partial charge in [-0.3, -0.25) is 14.2 Å². The molecule has 0 saturated carbocycles. The molecule has 2 atom stereocenters. The number of benzene rings is 1. The molecular weight excluding hydrogens is 350 g/mol. The van der Waals surface area contributed by atoms with Crippen LogP contribution >= 0.6 is 11.8 Å². The van der Waals surface area contributed by atoms with Crippen LogP contribution in [0.5, 0.6) is 0 Å². The number of thioether (sulfide) groups is 1. The molecule has 0 unspecified atom stereocenters. The summed E-state index contributed by atoms with van der Waals surface area (Å²) in [6, 6.07) is 7.24. The van der Waals surface area contributed by atoms with Crippen LogP contribution in [0.1, 0.15) is 39.7 Å². The van der Waals surface area contributed by atoms with Crippen LogP contribution in [0.4, 0.5) is 0 Å². The molecule has 0 aliphatic heterocycles. The van der Waals surface area contributed by atoms with Gasteiger partial charge >= 0.3 is 0 Å². The minimum atomic E-state index is -0.172. The first-order chi connectivity index (χ1) is 12.5. The summed E-state index contributed by atoms with van der Waals surface area (Å²) in [6.07, 6.45) is 1.97. The lowest BCUT2D eigenvalue weighted by Crippen LogP contribution is -2.34. The van der Waals surface area contributed by atoms with Gasteiger partial charge in [0.25, 0.3) is 5.56 Å². The lowest BCUT2D eigenvalue weighted by Gasteiger charge is -2.19. The van der Waals surface area contributed by atoms with Gasteiger partial charge in [0, 0.05) is 13.2 Å². The summed E-state index contributed by atoms with van der Waals surface area (Å²) in [7, 11) is 1.60. The van der Waals surface area contributed by atoms with E-state index in [1.807, 2.05) is 32.0 Å². The summed E-state index contributed by atoms with van der Waals surface area (Å²) < 4.78 is 6.83. The second-order valence-corrected chi connectivity index (χ2v) is 7.38. The largest absolute Gasteiger partial charge is 0.383 e. The van der Waals surface area contributed by atoms with Gasteiger partial charge in [-0.15, -0.1) is 0 Å². The molecule has 0 spiro atoms. The molecule has 2 rings (SSSR count). The van der Waals surface area contributed by atoms with Crippen LogP contribution in [0.3, 0.4) is 0 Å². The molecule has 0 fully saturated rings. The van der Waals surface area contributed by atoms with Crippen LogP contribution in [0.15, 0.2) is 34.2 Å². The maximum atomic E-state index is 12.9. The maximum absolute atomic E-state index is 12.9. The standard InChI is InChI=1S/C19H27N3O3S/c1-5-8-13(2)20-17(23)12-26-19-21-16-10-7-6-9-15(16)18(24)22(19)14(3)11-25-4/h6-7,9-10,13-14H,5,8,11-12H2,1-4H3,(H,20,23)/t13-,14-/m0/s1. The zero-order chi connectivity index (χ0) is 19.1. The number of hydrogen-bond acceptors (Lipinski definition) is 5. The molecule has 1 N–H and O–H groups in total. The summed E-state index contributed by atoms with van der Waals surface area (Å²) in [4.78, 5) is 29.7. The Morgan fingerprint density at radius 1 is 1.35 bits per heavy atom. The third kappa shape index (κ3) is 5.08. The SMILES string of the molecule is CCC[C@H](C)NC(=O)CSc1nc2ccccc2c(=O)n1[C@@H](C)COC. The molecule has 1 amide bonds. The van der Waals surface area contributed by atoms with Crippen molar-refractivity contribution >= 4 is 28.6 Å². The molecule has 7 heteroatoms. The quantitative estimate of drug-likeness (QED) is 0.537. The highest BCUT2D eigenvalue weighted by atomic mass is 32.2. The minimum Gasteiger partial charge on any atom is -0.383 e. The number of amides is 1. The zero-order valence-electron chi connectivity index (χ0n) is 15.8. The van der Waals surface area contributed by atoms with Gasteiger partial charge in [-0.25, -0.2) is 4.98 Å². The Balaban J connectivity index is 2.28. The van der Waals surface area contributed by atoms with Crippen LogP contribution in [-0.4, -0.2) is 41.0 Å². The van der Waals surface area contributed by atoms with Gasteiger partial charge < -0.3 is 10.1 Å². The number of ether oxygens (including phenoxy) is 1. The number of rotatable bonds is 9. The number of para-hydroxylation sites is 1. The normalized spacial score (nSPS) is 13.5. The Morgan fingerprint density at radius 3 is 2.77 bits per heavy atom. The van der Waals surface area contributed by atoms with E-state index in [9.17, 15) is 9.59 Å². The molecule has 6 nitrogen and oxygen atoms in total. The summed E-state index contributed by atoms with van der Waals surface area (Å²) >= 11 is 1.28. The van der Waals surface area contributed by atoms with Crippen molar-refractivity contribution in [1.29, 1.82) is 0 Å². The average Bonchev–Trinajstić information content (AvgIpc) is 2.60. The van der Waals surface area contributed by atoms with E-state index < -0.39 is 0 Å². The predicted octanol–water partition coefficient (Wildman–Crippen LogP) is 3.00. The molecule has 0 saturated heterocycles. The molecule has 142 valence electrons. The van der Waals surface area contributed by atoms with E-state index in [0.29, 0.717) is 22.7 Å². The van der Waals surface area contributed by atoms with Gasteiger partial charge in [0.05, 0.1) is 29.3 Å². The number of carbonyl (C=O) groups excluding carboxylic acids is 1. The number of aromatic nitrogens is 2. The molecule has 2 aromatic rings. The summed E-state index contributed by atoms with van der Waals surface area (Å²) in [6.45, 7) is 6.39. The second-order valence-electron chi connectivity index (χ2n) is 6.44. The number of hydrogen-bond donors (Lipinski definition) is 1. The molecule has 0 aliphatic carbocycles. The smallest absolute Gasteiger partial charge is 0.262 e. The Labute approximate surface area is 158 Å². The topological polar surface area (TPSA) is 73.2 Å². The molecule has 26 heavy (non-hydrogen) atoms. The highest BCUT2D eigenvalue weighted by Gasteiger charge is 2.18. The highest BCUT2D eigenvalue weighted by Crippen LogP contribution is 2.21. The van der Waals surface area contributed by atoms with E-state index in [4.69, 9.17) is 4.74 Å². The molecular formula is C19H27N3O3S. The van der Waals surface area contributed by atoms with Gasteiger partial charge in [0.15, 0.2) is 5.16 Å². The van der Waals surface area contributed by atoms with Crippen molar-refractivity contribution in [1.82, 2.24) is 14.9 Å². The van der Waals surface area contributed by atoms with Crippen molar-refractivity contribution in [2.24, 2.45) is 0 Å². The van der Waals surface area contributed by atoms with Gasteiger partial charge in [0.1, 0.15) is 0 Å². The third-order valence-electron chi connectivity index (χ3n) is 4.09. The molecule has 1 aromatic heterocycles. The van der Waals surface area contributed by atoms with E-state index in [1.165, 1.54) is 11.8 Å². The third-order valence-corrected chi connectivity index (χ3v) is 5.04. The van der Waals surface area contributed by atoms with E-state index in [1.54, 1.807) is 17.7 Å². The predicted molar refractivity (Wildman–Crippen MR) is 106 cm³/mol. The Kier molecular flexibility index (Phi) is 7.66. The first-order valence-corrected chi connectivity index (χ1v) is 9.88. The van der Waals surface area contributed by atoms with Crippen molar-refractivity contribution in [3.8, 4) is 0 Å². The van der Waals surface area contributed by atoms with E-state index in [0.717, 1.165) is 12.8 Å². The van der Waals surface area contributed by atoms with Gasteiger partial charge in [0.2, 0.25) is 5.91 Å². The fourth-order valence-corrected chi connectivity index (χ4v) is 3.79. The van der Waals surface area contributed by atoms with Crippen molar-refractivity contribution in [2.75, 3.05) is 19.5 Å². The minimum absolute atomic E-state index is 0.0516. The summed E-state index contributed by atoms with van der Waals surface area (Å²) in [5.41, 5.74) is 0.531. The molecule has 0 aliphatic rings. The number of carbonyl (C=O) groups is 1. The van der Waals surface area contributed by atoms with Gasteiger partial charge in [-0.05, 0) is 32.4 Å². The zero-order valence-corrected chi connectivity index (χ0v) is 16.6. The number of methoxy groups -OCH3 is 1. The van der Waals surface area contributed by atoms with Crippen LogP contribution < -0.4 is 10.9 Å². The summed E-state index contributed by atoms with van der Waals surface area (Å²) in [5, 5.41) is 4.09. The molecule has 1 aromatic carbocycles. The first kappa shape index (κ1) is 20.5. The number of nitrogens with zero attached hydrogens (tertiary/aromatic N) is 2. The Morgan fingerprint density at radius 2 is 2.08 bits per heavy atom. The fourth-order valence-electron chi connectivity index (χ4n) is 2.88. The second kappa shape index (κ2) is 9.73. The van der Waals surface area contributed by atoms with E-state index in [2.05, 4.69) is 17.2 Å². The Hall–Kier alpha value is -1.86. The fraction of sp³-hybridized carbons (Fsp3) is 0.526. The van der Waals surface area contributed by atoms with Gasteiger partial charge in [-0.1, -0.05) is 37.2 Å². The van der Waals surface area contributed by atoms with Crippen molar-refractivity contribution < 1.29 is 9.53 Å². The molecule has 0 bridgehead atoms. The van der Waals surface area contributed by atoms with Crippen molar-refractivity contribution in [3.63, 3.8) is 0 Å². The number of fused-ring (bicyclic) bond motifs is 1. The maximum Gasteiger partial charge on any atom is 0.262 e. The lowest BCUT2D eigenvalue weighted by molar-refractivity contribution is -0.119. The number of nitrogens with one attached hydrogen (secondary N) is 1. The molecule has 0 radical (unpaired) electrons. The Bertz CT molecular complexity index is 806. The monoisotopic (exact) mass is 377 g/mol. The van der Waals surface area contributed by atoms with Crippen LogP contribution in [0.25, 0.3) is 10.9 Å². The lowest BCUT2D eigenvalue weighted by atomic mass is 10.2. The first-order valence-electron chi connectivity index (χ1n) is 8.90. The molecule has 1 heterocycles. The van der Waals surface area contributed by atoms with Crippen LogP contribution in [0, 0.1) is 0 Å². The summed E-state index contributed by atoms with van der Waals surface area (Å²) in [5.74, 6) is 0.169. The van der Waals surface area contributed by atoms with Crippen molar-refractivity contribution in [3.05, 3.63) is 34.6 Å². The van der Waals surface area contributed by atoms with Crippen LogP contribution in [0.2, 0.25) is 0 Å². The van der Waals surface area contributed by atoms with Gasteiger partial charge in [-0.2, -0.15) is 0 Å². The average molecular weight is 378 g/mol. The van der Waals surface area contributed by atoms with Crippen LogP contribution in [-0.2, 0) is 9.53 Å². The van der Waals surface area contributed by atoms with Crippen molar-refractivity contribution in [2.45, 2.75) is 50.9 Å².